The van der Waals surface area contributed by atoms with Gasteiger partial charge in [-0.3, -0.25) is 9.69 Å². The van der Waals surface area contributed by atoms with Gasteiger partial charge >= 0.3 is 0 Å². The summed E-state index contributed by atoms with van der Waals surface area (Å²) in [6, 6.07) is 12.9. The predicted octanol–water partition coefficient (Wildman–Crippen LogP) is 4.24. The van der Waals surface area contributed by atoms with Crippen molar-refractivity contribution in [3.63, 3.8) is 0 Å². The number of anilines is 1. The van der Waals surface area contributed by atoms with E-state index in [2.05, 4.69) is 9.80 Å². The van der Waals surface area contributed by atoms with Crippen molar-refractivity contribution >= 4 is 23.2 Å². The Kier molecular flexibility index (Phi) is 9.35. The maximum atomic E-state index is 14.6. The lowest BCUT2D eigenvalue weighted by molar-refractivity contribution is -0.119. The summed E-state index contributed by atoms with van der Waals surface area (Å²) in [5.41, 5.74) is 6.94. The Hall–Kier alpha value is -2.35. The number of nitrogens with two attached hydrogens (primary N) is 1. The Morgan fingerprint density at radius 2 is 1.91 bits per heavy atom. The molecular weight excluding hydrogens is 445 g/mol. The first kappa shape index (κ1) is 25.3. The van der Waals surface area contributed by atoms with E-state index in [9.17, 15) is 9.18 Å². The van der Waals surface area contributed by atoms with Crippen LogP contribution in [0.2, 0.25) is 5.02 Å². The van der Waals surface area contributed by atoms with Crippen molar-refractivity contribution in [3.8, 4) is 5.75 Å². The molecule has 2 N–H and O–H groups in total. The van der Waals surface area contributed by atoms with Crippen molar-refractivity contribution in [2.24, 2.45) is 5.73 Å². The van der Waals surface area contributed by atoms with Gasteiger partial charge in [-0.1, -0.05) is 11.6 Å². The number of halogens is 2. The van der Waals surface area contributed by atoms with Crippen LogP contribution < -0.4 is 15.4 Å². The molecule has 3 rings (SSSR count). The molecule has 0 radical (unpaired) electrons. The Morgan fingerprint density at radius 3 is 2.55 bits per heavy atom. The summed E-state index contributed by atoms with van der Waals surface area (Å²) in [6.45, 7) is 5.16. The number of likely N-dealkylation sites (tertiary alicyclic amines) is 1. The first-order valence-electron chi connectivity index (χ1n) is 11.3. The molecule has 0 bridgehead atoms. The molecule has 0 aliphatic carbocycles. The fourth-order valence-corrected chi connectivity index (χ4v) is 4.51. The number of ether oxygens (including phenoxy) is 2. The van der Waals surface area contributed by atoms with E-state index in [0.29, 0.717) is 36.8 Å². The summed E-state index contributed by atoms with van der Waals surface area (Å²) in [7, 11) is 1.64. The Morgan fingerprint density at radius 1 is 1.21 bits per heavy atom. The summed E-state index contributed by atoms with van der Waals surface area (Å²) < 4.78 is 25.3. The Labute approximate surface area is 200 Å². The Balaban J connectivity index is 1.76. The lowest BCUT2D eigenvalue weighted by atomic mass is 9.99. The summed E-state index contributed by atoms with van der Waals surface area (Å²) in [6.07, 6.45) is 2.15. The highest BCUT2D eigenvalue weighted by Crippen LogP contribution is 2.29. The number of piperidine rings is 1. The Bertz CT molecular complexity index is 904. The van der Waals surface area contributed by atoms with Crippen LogP contribution in [0.5, 0.6) is 5.75 Å². The fourth-order valence-electron chi connectivity index (χ4n) is 4.31. The molecule has 1 atom stereocenters. The molecule has 1 saturated heterocycles. The maximum Gasteiger partial charge on any atom is 0.218 e. The number of carbonyl (C=O) groups is 1. The third-order valence-electron chi connectivity index (χ3n) is 6.13. The second-order valence-electron chi connectivity index (χ2n) is 8.49. The summed E-state index contributed by atoms with van der Waals surface area (Å²) in [5.74, 6) is 0.215. The average molecular weight is 478 g/mol. The van der Waals surface area contributed by atoms with E-state index in [1.807, 2.05) is 31.2 Å². The van der Waals surface area contributed by atoms with Crippen molar-refractivity contribution in [1.29, 1.82) is 0 Å². The third-order valence-corrected chi connectivity index (χ3v) is 6.37. The first-order chi connectivity index (χ1) is 15.9. The monoisotopic (exact) mass is 477 g/mol. The van der Waals surface area contributed by atoms with Crippen LogP contribution in [0.3, 0.4) is 0 Å². The van der Waals surface area contributed by atoms with Crippen LogP contribution in [0.4, 0.5) is 10.1 Å². The summed E-state index contributed by atoms with van der Waals surface area (Å²) in [4.78, 5) is 15.8. The highest BCUT2D eigenvalue weighted by Gasteiger charge is 2.28. The number of benzene rings is 2. The number of carbonyl (C=O) groups excluding carboxylic acids is 1. The highest BCUT2D eigenvalue weighted by atomic mass is 35.5. The van der Waals surface area contributed by atoms with Crippen LogP contribution in [0, 0.1) is 5.82 Å². The van der Waals surface area contributed by atoms with Gasteiger partial charge in [0.2, 0.25) is 5.91 Å². The normalized spacial score (nSPS) is 15.9. The van der Waals surface area contributed by atoms with E-state index in [1.54, 1.807) is 19.2 Å². The maximum absolute atomic E-state index is 14.6. The minimum atomic E-state index is -0.282. The second kappa shape index (κ2) is 12.2. The molecule has 2 aromatic carbocycles. The zero-order valence-corrected chi connectivity index (χ0v) is 20.1. The van der Waals surface area contributed by atoms with E-state index in [0.717, 1.165) is 37.4 Å². The van der Waals surface area contributed by atoms with Crippen molar-refractivity contribution in [2.45, 2.75) is 44.8 Å². The second-order valence-corrected chi connectivity index (χ2v) is 8.92. The van der Waals surface area contributed by atoms with Gasteiger partial charge in [-0.15, -0.1) is 0 Å². The summed E-state index contributed by atoms with van der Waals surface area (Å²) >= 11 is 6.15. The molecule has 33 heavy (non-hydrogen) atoms. The number of primary amides is 1. The molecule has 1 aliphatic rings. The first-order valence-corrected chi connectivity index (χ1v) is 11.7. The molecule has 1 fully saturated rings. The van der Waals surface area contributed by atoms with Gasteiger partial charge < -0.3 is 20.1 Å². The molecule has 8 heteroatoms. The lowest BCUT2D eigenvalue weighted by Gasteiger charge is -2.41. The summed E-state index contributed by atoms with van der Waals surface area (Å²) in [5, 5.41) is 0.517. The molecule has 0 saturated carbocycles. The van der Waals surface area contributed by atoms with E-state index in [4.69, 9.17) is 26.8 Å². The van der Waals surface area contributed by atoms with Gasteiger partial charge in [0.05, 0.1) is 6.61 Å². The number of hydrogen-bond donors (Lipinski definition) is 1. The van der Waals surface area contributed by atoms with Crippen molar-refractivity contribution in [3.05, 3.63) is 58.9 Å². The van der Waals surface area contributed by atoms with E-state index in [1.165, 1.54) is 6.07 Å². The van der Waals surface area contributed by atoms with E-state index >= 15 is 0 Å². The molecule has 6 nitrogen and oxygen atoms in total. The molecule has 0 spiro atoms. The average Bonchev–Trinajstić information content (AvgIpc) is 2.80. The smallest absolute Gasteiger partial charge is 0.218 e. The molecule has 0 aromatic heterocycles. The number of amides is 1. The lowest BCUT2D eigenvalue weighted by Crippen LogP contribution is -2.48. The highest BCUT2D eigenvalue weighted by molar-refractivity contribution is 6.30. The van der Waals surface area contributed by atoms with Crippen LogP contribution in [0.1, 0.15) is 31.7 Å². The van der Waals surface area contributed by atoms with Gasteiger partial charge in [-0.25, -0.2) is 4.39 Å². The topological polar surface area (TPSA) is 68.0 Å². The number of hydrogen-bond acceptors (Lipinski definition) is 5. The van der Waals surface area contributed by atoms with Crippen molar-refractivity contribution in [2.75, 3.05) is 38.3 Å². The zero-order chi connectivity index (χ0) is 23.8. The standard InChI is InChI=1S/C25H33ClFN3O3/c1-18(15-25(28)31)29-11-9-22(10-12-29)30(17-19-16-20(26)3-8-24(19)27)21-4-6-23(7-5-21)33-14-13-32-2/h3-8,16,18,22H,9-15,17H2,1-2H3,(H2,28,31). The number of rotatable bonds is 11. The third kappa shape index (κ3) is 7.32. The quantitative estimate of drug-likeness (QED) is 0.490. The van der Waals surface area contributed by atoms with Gasteiger partial charge in [0.1, 0.15) is 18.2 Å². The van der Waals surface area contributed by atoms with Crippen LogP contribution >= 0.6 is 11.6 Å². The molecule has 1 aliphatic heterocycles. The SMILES string of the molecule is COCCOc1ccc(N(Cc2cc(Cl)ccc2F)C2CCN(C(C)CC(N)=O)CC2)cc1. The van der Waals surface area contributed by atoms with Gasteiger partial charge in [0.25, 0.3) is 0 Å². The van der Waals surface area contributed by atoms with Crippen LogP contribution in [-0.2, 0) is 16.1 Å². The molecule has 2 aromatic rings. The number of methoxy groups -OCH3 is 1. The predicted molar refractivity (Wildman–Crippen MR) is 129 cm³/mol. The molecule has 1 amide bonds. The zero-order valence-electron chi connectivity index (χ0n) is 19.3. The molecule has 1 heterocycles. The van der Waals surface area contributed by atoms with Gasteiger partial charge in [0.15, 0.2) is 0 Å². The van der Waals surface area contributed by atoms with Crippen molar-refractivity contribution in [1.82, 2.24) is 4.90 Å². The van der Waals surface area contributed by atoms with E-state index in [-0.39, 0.29) is 23.8 Å². The molecule has 180 valence electrons. The van der Waals surface area contributed by atoms with Gasteiger partial charge in [0, 0.05) is 61.5 Å². The minimum absolute atomic E-state index is 0.116. The fraction of sp³-hybridized carbons (Fsp3) is 0.480. The van der Waals surface area contributed by atoms with Crippen LogP contribution in [0.25, 0.3) is 0 Å². The minimum Gasteiger partial charge on any atom is -0.491 e. The van der Waals surface area contributed by atoms with Crippen LogP contribution in [0.15, 0.2) is 42.5 Å². The molecular formula is C25H33ClFN3O3. The largest absolute Gasteiger partial charge is 0.491 e. The molecule has 1 unspecified atom stereocenters. The van der Waals surface area contributed by atoms with Crippen molar-refractivity contribution < 1.29 is 18.7 Å². The van der Waals surface area contributed by atoms with Crippen LogP contribution in [-0.4, -0.2) is 56.3 Å². The van der Waals surface area contributed by atoms with Gasteiger partial charge in [-0.2, -0.15) is 0 Å². The van der Waals surface area contributed by atoms with E-state index < -0.39 is 0 Å². The van der Waals surface area contributed by atoms with Gasteiger partial charge in [-0.05, 0) is 62.2 Å². The number of nitrogens with zero attached hydrogens (tertiary/aromatic N) is 2.